The number of hydrogen-bond donors (Lipinski definition) is 1. The van der Waals surface area contributed by atoms with Crippen molar-refractivity contribution in [2.45, 2.75) is 82.3 Å². The second kappa shape index (κ2) is 6.65. The van der Waals surface area contributed by atoms with Crippen molar-refractivity contribution in [3.05, 3.63) is 29.6 Å². The van der Waals surface area contributed by atoms with Gasteiger partial charge < -0.3 is 14.7 Å². The van der Waals surface area contributed by atoms with Gasteiger partial charge in [-0.3, -0.25) is 0 Å². The third kappa shape index (κ3) is 4.20. The molecular weight excluding hydrogens is 361 g/mol. The van der Waals surface area contributed by atoms with Crippen LogP contribution in [0.2, 0.25) is 0 Å². The van der Waals surface area contributed by atoms with E-state index in [2.05, 4.69) is 4.98 Å². The van der Waals surface area contributed by atoms with Crippen molar-refractivity contribution in [3.8, 4) is 0 Å². The van der Waals surface area contributed by atoms with E-state index in [0.717, 1.165) is 12.5 Å². The molecule has 2 saturated heterocycles. The molecule has 0 aromatic carbocycles. The summed E-state index contributed by atoms with van der Waals surface area (Å²) in [6.45, 7) is 5.36. The summed E-state index contributed by atoms with van der Waals surface area (Å²) >= 11 is 0. The molecule has 2 atom stereocenters. The Labute approximate surface area is 156 Å². The Kier molecular flexibility index (Phi) is 4.91. The van der Waals surface area contributed by atoms with Crippen molar-refractivity contribution in [1.82, 2.24) is 9.88 Å². The molecule has 3 heterocycles. The van der Waals surface area contributed by atoms with Crippen molar-refractivity contribution >= 4 is 6.09 Å². The van der Waals surface area contributed by atoms with Crippen LogP contribution < -0.4 is 0 Å². The van der Waals surface area contributed by atoms with E-state index >= 15 is 0 Å². The van der Waals surface area contributed by atoms with Crippen LogP contribution >= 0.6 is 0 Å². The van der Waals surface area contributed by atoms with Crippen LogP contribution in [0.15, 0.2) is 18.2 Å². The number of hydrogen-bond acceptors (Lipinski definition) is 4. The third-order valence-corrected chi connectivity index (χ3v) is 5.13. The SMILES string of the molecule is CC(C)(C)OC(=O)N1C2CCCC1CC(O)(c1cccc(C(F)(F)F)n1)C2. The van der Waals surface area contributed by atoms with Crippen molar-refractivity contribution in [3.63, 3.8) is 0 Å². The largest absolute Gasteiger partial charge is 0.444 e. The Balaban J connectivity index is 1.86. The minimum atomic E-state index is -4.57. The molecule has 0 spiro atoms. The first kappa shape index (κ1) is 19.9. The van der Waals surface area contributed by atoms with E-state index in [1.807, 2.05) is 0 Å². The number of alkyl halides is 3. The molecule has 1 aromatic rings. The summed E-state index contributed by atoms with van der Waals surface area (Å²) in [5.41, 5.74) is -3.14. The molecule has 27 heavy (non-hydrogen) atoms. The minimum absolute atomic E-state index is 0.0121. The fourth-order valence-electron chi connectivity index (χ4n) is 4.10. The number of aromatic nitrogens is 1. The molecule has 5 nitrogen and oxygen atoms in total. The van der Waals surface area contributed by atoms with Gasteiger partial charge in [-0.1, -0.05) is 6.07 Å². The molecule has 1 amide bonds. The monoisotopic (exact) mass is 386 g/mol. The highest BCUT2D eigenvalue weighted by Gasteiger charge is 2.50. The maximum atomic E-state index is 13.0. The summed E-state index contributed by atoms with van der Waals surface area (Å²) in [4.78, 5) is 18.0. The number of piperidine rings is 2. The lowest BCUT2D eigenvalue weighted by Crippen LogP contribution is -2.59. The summed E-state index contributed by atoms with van der Waals surface area (Å²) in [5, 5.41) is 11.2. The van der Waals surface area contributed by atoms with E-state index in [0.29, 0.717) is 12.8 Å². The Morgan fingerprint density at radius 2 is 1.81 bits per heavy atom. The predicted octanol–water partition coefficient (Wildman–Crippen LogP) is 4.24. The topological polar surface area (TPSA) is 62.7 Å². The number of fused-ring (bicyclic) bond motifs is 2. The molecule has 150 valence electrons. The molecule has 0 aliphatic carbocycles. The number of rotatable bonds is 1. The number of carbonyl (C=O) groups is 1. The van der Waals surface area contributed by atoms with Gasteiger partial charge in [-0.25, -0.2) is 9.78 Å². The maximum Gasteiger partial charge on any atom is 0.433 e. The van der Waals surface area contributed by atoms with Gasteiger partial charge in [0.05, 0.1) is 5.69 Å². The zero-order valence-electron chi connectivity index (χ0n) is 15.7. The first-order valence-corrected chi connectivity index (χ1v) is 9.17. The molecule has 8 heteroatoms. The minimum Gasteiger partial charge on any atom is -0.444 e. The summed E-state index contributed by atoms with van der Waals surface area (Å²) in [6.07, 6.45) is -2.45. The molecule has 0 radical (unpaired) electrons. The lowest BCUT2D eigenvalue weighted by molar-refractivity contribution is -0.142. The maximum absolute atomic E-state index is 13.0. The molecule has 2 bridgehead atoms. The molecule has 1 N–H and O–H groups in total. The average molecular weight is 386 g/mol. The molecule has 1 aromatic heterocycles. The Morgan fingerprint density at radius 3 is 2.33 bits per heavy atom. The first-order valence-electron chi connectivity index (χ1n) is 9.17. The van der Waals surface area contributed by atoms with E-state index in [1.165, 1.54) is 12.1 Å². The molecule has 2 aliphatic heterocycles. The summed E-state index contributed by atoms with van der Waals surface area (Å²) in [7, 11) is 0. The van der Waals surface area contributed by atoms with Crippen molar-refractivity contribution in [2.75, 3.05) is 0 Å². The number of nitrogens with zero attached hydrogens (tertiary/aromatic N) is 2. The number of amides is 1. The lowest BCUT2D eigenvalue weighted by atomic mass is 9.74. The highest BCUT2D eigenvalue weighted by molar-refractivity contribution is 5.69. The van der Waals surface area contributed by atoms with Crippen molar-refractivity contribution in [2.24, 2.45) is 0 Å². The Bertz CT molecular complexity index is 701. The Morgan fingerprint density at radius 1 is 1.22 bits per heavy atom. The second-order valence-electron chi connectivity index (χ2n) is 8.47. The fourth-order valence-corrected chi connectivity index (χ4v) is 4.10. The van der Waals surface area contributed by atoms with Crippen LogP contribution in [0.1, 0.15) is 64.3 Å². The van der Waals surface area contributed by atoms with E-state index in [4.69, 9.17) is 4.74 Å². The Hall–Kier alpha value is -1.83. The summed E-state index contributed by atoms with van der Waals surface area (Å²) < 4.78 is 44.5. The van der Waals surface area contributed by atoms with Crippen LogP contribution in [0, 0.1) is 0 Å². The van der Waals surface area contributed by atoms with E-state index < -0.39 is 29.2 Å². The van der Waals surface area contributed by atoms with Crippen LogP contribution in [-0.2, 0) is 16.5 Å². The molecule has 3 rings (SSSR count). The van der Waals surface area contributed by atoms with E-state index in [1.54, 1.807) is 25.7 Å². The van der Waals surface area contributed by atoms with Gasteiger partial charge in [0.25, 0.3) is 0 Å². The number of aliphatic hydroxyl groups is 1. The fraction of sp³-hybridized carbons (Fsp3) is 0.684. The smallest absolute Gasteiger partial charge is 0.433 e. The van der Waals surface area contributed by atoms with Gasteiger partial charge in [0.15, 0.2) is 0 Å². The number of halogens is 3. The van der Waals surface area contributed by atoms with Crippen molar-refractivity contribution < 1.29 is 27.8 Å². The quantitative estimate of drug-likeness (QED) is 0.784. The molecule has 2 unspecified atom stereocenters. The van der Waals surface area contributed by atoms with Gasteiger partial charge in [-0.05, 0) is 52.2 Å². The zero-order chi connectivity index (χ0) is 20.0. The normalized spacial score (nSPS) is 28.8. The van der Waals surface area contributed by atoms with Crippen LogP contribution in [-0.4, -0.2) is 38.8 Å². The zero-order valence-corrected chi connectivity index (χ0v) is 15.7. The average Bonchev–Trinajstić information content (AvgIpc) is 2.51. The van der Waals surface area contributed by atoms with Gasteiger partial charge in [0.2, 0.25) is 0 Å². The number of carbonyl (C=O) groups excluding carboxylic acids is 1. The second-order valence-corrected chi connectivity index (χ2v) is 8.47. The number of ether oxygens (including phenoxy) is 1. The highest BCUT2D eigenvalue weighted by atomic mass is 19.4. The van der Waals surface area contributed by atoms with Crippen LogP contribution in [0.4, 0.5) is 18.0 Å². The summed E-state index contributed by atoms with van der Waals surface area (Å²) in [5.74, 6) is 0. The standard InChI is InChI=1S/C19H25F3N2O3/c1-17(2,3)27-16(25)24-12-6-4-7-13(24)11-18(26,10-12)14-8-5-9-15(23-14)19(20,21)22/h5,8-9,12-13,26H,4,6-7,10-11H2,1-3H3. The van der Waals surface area contributed by atoms with E-state index in [-0.39, 0.29) is 30.6 Å². The van der Waals surface area contributed by atoms with Crippen LogP contribution in [0.5, 0.6) is 0 Å². The van der Waals surface area contributed by atoms with Gasteiger partial charge in [-0.2, -0.15) is 13.2 Å². The molecule has 2 aliphatic rings. The van der Waals surface area contributed by atoms with Crippen molar-refractivity contribution in [1.29, 1.82) is 0 Å². The predicted molar refractivity (Wildman–Crippen MR) is 91.9 cm³/mol. The number of pyridine rings is 1. The third-order valence-electron chi connectivity index (χ3n) is 5.13. The van der Waals surface area contributed by atoms with E-state index in [9.17, 15) is 23.1 Å². The first-order chi connectivity index (χ1) is 12.4. The molecular formula is C19H25F3N2O3. The molecule has 0 saturated carbocycles. The van der Waals surface area contributed by atoms with Gasteiger partial charge >= 0.3 is 12.3 Å². The van der Waals surface area contributed by atoms with Gasteiger partial charge in [0, 0.05) is 24.9 Å². The van der Waals surface area contributed by atoms with Crippen LogP contribution in [0.3, 0.4) is 0 Å². The highest BCUT2D eigenvalue weighted by Crippen LogP contribution is 2.44. The van der Waals surface area contributed by atoms with Gasteiger partial charge in [-0.15, -0.1) is 0 Å². The van der Waals surface area contributed by atoms with Gasteiger partial charge in [0.1, 0.15) is 16.9 Å². The lowest BCUT2D eigenvalue weighted by Gasteiger charge is -2.51. The van der Waals surface area contributed by atoms with Crippen LogP contribution in [0.25, 0.3) is 0 Å². The molecule has 2 fully saturated rings. The summed E-state index contributed by atoms with van der Waals surface area (Å²) in [6, 6.07) is 3.01.